The molecule has 2 aromatic carbocycles. The van der Waals surface area contributed by atoms with Gasteiger partial charge in [0.25, 0.3) is 11.8 Å². The predicted molar refractivity (Wildman–Crippen MR) is 131 cm³/mol. The van der Waals surface area contributed by atoms with Crippen molar-refractivity contribution in [2.24, 2.45) is 14.1 Å². The molecule has 0 unspecified atom stereocenters. The normalized spacial score (nSPS) is 10.9. The van der Waals surface area contributed by atoms with Crippen LogP contribution in [0.4, 0.5) is 5.69 Å². The molecule has 0 saturated heterocycles. The molecule has 0 radical (unpaired) electrons. The van der Waals surface area contributed by atoms with Crippen molar-refractivity contribution in [2.45, 2.75) is 0 Å². The van der Waals surface area contributed by atoms with Crippen LogP contribution in [0.25, 0.3) is 22.6 Å². The molecule has 2 heterocycles. The zero-order valence-electron chi connectivity index (χ0n) is 20.0. The van der Waals surface area contributed by atoms with E-state index in [2.05, 4.69) is 5.32 Å². The molecule has 1 N–H and O–H groups in total. The van der Waals surface area contributed by atoms with Crippen LogP contribution < -0.4 is 14.8 Å². The number of fused-ring (bicyclic) bond motifs is 1. The Balaban J connectivity index is 1.70. The van der Waals surface area contributed by atoms with Gasteiger partial charge in [-0.05, 0) is 42.5 Å². The first kappa shape index (κ1) is 22.9. The Morgan fingerprint density at radius 3 is 2.32 bits per heavy atom. The third-order valence-electron chi connectivity index (χ3n) is 5.68. The van der Waals surface area contributed by atoms with Crippen LogP contribution in [0.2, 0.25) is 0 Å². The van der Waals surface area contributed by atoms with E-state index in [1.54, 1.807) is 58.8 Å². The Bertz CT molecular complexity index is 1380. The number of carbonyl (C=O) groups excluding carboxylic acids is 2. The second-order valence-corrected chi connectivity index (χ2v) is 8.12. The summed E-state index contributed by atoms with van der Waals surface area (Å²) in [4.78, 5) is 31.6. The first-order chi connectivity index (χ1) is 16.2. The smallest absolute Gasteiger partial charge is 0.258 e. The molecule has 0 fully saturated rings. The minimum absolute atomic E-state index is 0.152. The first-order valence-corrected chi connectivity index (χ1v) is 10.6. The summed E-state index contributed by atoms with van der Waals surface area (Å²) in [5.41, 5.74) is 3.88. The lowest BCUT2D eigenvalue weighted by Gasteiger charge is -2.11. The number of amides is 2. The molecular weight excluding hydrogens is 434 g/mol. The fraction of sp³-hybridized carbons (Fsp3) is 0.240. The average molecular weight is 462 g/mol. The number of hydrogen-bond donors (Lipinski definition) is 1. The molecule has 0 aliphatic carbocycles. The van der Waals surface area contributed by atoms with Gasteiger partial charge >= 0.3 is 0 Å². The number of nitrogens with zero attached hydrogens (tertiary/aromatic N) is 4. The molecule has 0 spiro atoms. The number of benzene rings is 2. The van der Waals surface area contributed by atoms with E-state index in [4.69, 9.17) is 14.5 Å². The number of anilines is 1. The van der Waals surface area contributed by atoms with Gasteiger partial charge in [0.2, 0.25) is 0 Å². The number of ether oxygens (including phenoxy) is 2. The third-order valence-corrected chi connectivity index (χ3v) is 5.68. The van der Waals surface area contributed by atoms with E-state index in [9.17, 15) is 9.59 Å². The highest BCUT2D eigenvalue weighted by Crippen LogP contribution is 2.36. The summed E-state index contributed by atoms with van der Waals surface area (Å²) in [6.07, 6.45) is 1.75. The zero-order valence-corrected chi connectivity index (χ0v) is 20.0. The maximum absolute atomic E-state index is 12.7. The topological polar surface area (TPSA) is 90.6 Å². The van der Waals surface area contributed by atoms with Crippen molar-refractivity contribution in [1.29, 1.82) is 0 Å². The molecule has 34 heavy (non-hydrogen) atoms. The van der Waals surface area contributed by atoms with Crippen LogP contribution in [0.5, 0.6) is 11.5 Å². The fourth-order valence-electron chi connectivity index (χ4n) is 3.90. The molecule has 0 aliphatic heterocycles. The van der Waals surface area contributed by atoms with Gasteiger partial charge in [-0.25, -0.2) is 4.98 Å². The molecule has 2 amide bonds. The molecule has 0 aliphatic rings. The Morgan fingerprint density at radius 1 is 1.00 bits per heavy atom. The minimum atomic E-state index is -0.228. The van der Waals surface area contributed by atoms with Crippen LogP contribution in [0, 0.1) is 0 Å². The van der Waals surface area contributed by atoms with Gasteiger partial charge < -0.3 is 28.8 Å². The molecule has 9 nitrogen and oxygen atoms in total. The van der Waals surface area contributed by atoms with Gasteiger partial charge in [-0.3, -0.25) is 9.59 Å². The van der Waals surface area contributed by atoms with Crippen molar-refractivity contribution >= 4 is 28.5 Å². The number of carbonyl (C=O) groups is 2. The summed E-state index contributed by atoms with van der Waals surface area (Å²) >= 11 is 0. The Kier molecular flexibility index (Phi) is 6.02. The number of nitrogens with one attached hydrogen (secondary N) is 1. The van der Waals surface area contributed by atoms with E-state index in [1.165, 1.54) is 4.90 Å². The Labute approximate surface area is 197 Å². The molecule has 2 aromatic heterocycles. The van der Waals surface area contributed by atoms with Crippen molar-refractivity contribution in [2.75, 3.05) is 33.6 Å². The number of rotatable bonds is 6. The summed E-state index contributed by atoms with van der Waals surface area (Å²) in [5, 5.41) is 2.91. The van der Waals surface area contributed by atoms with E-state index in [0.717, 1.165) is 5.52 Å². The third kappa shape index (κ3) is 3.96. The lowest BCUT2D eigenvalue weighted by molar-refractivity contribution is 0.0824. The molecule has 0 saturated carbocycles. The summed E-state index contributed by atoms with van der Waals surface area (Å²) < 4.78 is 14.5. The summed E-state index contributed by atoms with van der Waals surface area (Å²) in [5.74, 6) is 1.42. The first-order valence-electron chi connectivity index (χ1n) is 10.6. The van der Waals surface area contributed by atoms with Gasteiger partial charge in [-0.15, -0.1) is 0 Å². The number of methoxy groups -OCH3 is 2. The second-order valence-electron chi connectivity index (χ2n) is 8.12. The van der Waals surface area contributed by atoms with Crippen molar-refractivity contribution < 1.29 is 19.1 Å². The van der Waals surface area contributed by atoms with Gasteiger partial charge in [0.1, 0.15) is 11.4 Å². The lowest BCUT2D eigenvalue weighted by atomic mass is 10.2. The van der Waals surface area contributed by atoms with Gasteiger partial charge in [-0.2, -0.15) is 0 Å². The van der Waals surface area contributed by atoms with Crippen LogP contribution in [0.1, 0.15) is 20.7 Å². The predicted octanol–water partition coefficient (Wildman–Crippen LogP) is 3.55. The molecule has 4 aromatic rings. The lowest BCUT2D eigenvalue weighted by Crippen LogP contribution is -2.21. The highest BCUT2D eigenvalue weighted by Gasteiger charge is 2.26. The molecular formula is C25H27N5O4. The van der Waals surface area contributed by atoms with Gasteiger partial charge in [0.15, 0.2) is 11.6 Å². The maximum atomic E-state index is 12.7. The number of aryl methyl sites for hydroxylation is 2. The number of imidazole rings is 1. The quantitative estimate of drug-likeness (QED) is 0.474. The standard InChI is InChI=1S/C25H27N5O4/c1-28(2)25(32)18-14-29(3)21(22(18)34-6)23-27-19-13-16(9-12-20(19)30(23)4)26-24(31)15-7-10-17(33-5)11-8-15/h7-14H,1-6H3,(H,26,31). The van der Waals surface area contributed by atoms with Crippen molar-refractivity contribution in [3.05, 3.63) is 59.8 Å². The van der Waals surface area contributed by atoms with Crippen molar-refractivity contribution in [3.63, 3.8) is 0 Å². The molecule has 176 valence electrons. The number of aromatic nitrogens is 3. The average Bonchev–Trinajstić information content (AvgIpc) is 3.33. The fourth-order valence-corrected chi connectivity index (χ4v) is 3.90. The van der Waals surface area contributed by atoms with E-state index >= 15 is 0 Å². The summed E-state index contributed by atoms with van der Waals surface area (Å²) in [6.45, 7) is 0. The van der Waals surface area contributed by atoms with E-state index in [0.29, 0.717) is 45.3 Å². The van der Waals surface area contributed by atoms with Crippen LogP contribution in [-0.2, 0) is 14.1 Å². The maximum Gasteiger partial charge on any atom is 0.258 e. The minimum Gasteiger partial charge on any atom is -0.497 e. The van der Waals surface area contributed by atoms with E-state index < -0.39 is 0 Å². The van der Waals surface area contributed by atoms with Crippen LogP contribution in [0.3, 0.4) is 0 Å². The van der Waals surface area contributed by atoms with E-state index in [-0.39, 0.29) is 11.8 Å². The highest BCUT2D eigenvalue weighted by molar-refractivity contribution is 6.05. The summed E-state index contributed by atoms with van der Waals surface area (Å²) in [6, 6.07) is 12.5. The molecule has 0 bridgehead atoms. The molecule has 4 rings (SSSR count). The number of hydrogen-bond acceptors (Lipinski definition) is 5. The summed E-state index contributed by atoms with van der Waals surface area (Å²) in [7, 11) is 10.3. The van der Waals surface area contributed by atoms with Crippen molar-refractivity contribution in [1.82, 2.24) is 19.0 Å². The second kappa shape index (κ2) is 8.93. The van der Waals surface area contributed by atoms with Crippen molar-refractivity contribution in [3.8, 4) is 23.0 Å². The molecule has 9 heteroatoms. The van der Waals surface area contributed by atoms with Crippen LogP contribution in [-0.4, -0.2) is 59.1 Å². The van der Waals surface area contributed by atoms with Crippen LogP contribution >= 0.6 is 0 Å². The van der Waals surface area contributed by atoms with Gasteiger partial charge in [-0.1, -0.05) is 0 Å². The zero-order chi connectivity index (χ0) is 24.6. The Morgan fingerprint density at radius 2 is 1.71 bits per heavy atom. The molecule has 0 atom stereocenters. The van der Waals surface area contributed by atoms with Gasteiger partial charge in [0.05, 0.1) is 30.8 Å². The monoisotopic (exact) mass is 461 g/mol. The Hall–Kier alpha value is -4.27. The SMILES string of the molecule is COc1ccc(C(=O)Nc2ccc3c(c2)nc(-c2c(OC)c(C(=O)N(C)C)cn2C)n3C)cc1. The van der Waals surface area contributed by atoms with Gasteiger partial charge in [0, 0.05) is 45.6 Å². The van der Waals surface area contributed by atoms with Crippen LogP contribution in [0.15, 0.2) is 48.7 Å². The highest BCUT2D eigenvalue weighted by atomic mass is 16.5. The largest absolute Gasteiger partial charge is 0.497 e. The van der Waals surface area contributed by atoms with E-state index in [1.807, 2.05) is 41.4 Å².